The zero-order valence-electron chi connectivity index (χ0n) is 13.7. The molecule has 1 atom stereocenters. The van der Waals surface area contributed by atoms with Crippen LogP contribution in [-0.2, 0) is 0 Å². The van der Waals surface area contributed by atoms with Gasteiger partial charge in [-0.15, -0.1) is 10.2 Å². The van der Waals surface area contributed by atoms with Crippen LogP contribution in [0, 0.1) is 12.8 Å². The van der Waals surface area contributed by atoms with Crippen LogP contribution in [0.5, 0.6) is 0 Å². The van der Waals surface area contributed by atoms with Crippen LogP contribution in [0.15, 0.2) is 30.6 Å². The van der Waals surface area contributed by atoms with E-state index in [0.29, 0.717) is 5.82 Å². The van der Waals surface area contributed by atoms with Gasteiger partial charge in [0.15, 0.2) is 17.1 Å². The topological polar surface area (TPSA) is 96.7 Å². The van der Waals surface area contributed by atoms with E-state index in [4.69, 9.17) is 0 Å². The molecule has 2 N–H and O–H groups in total. The molecule has 0 saturated carbocycles. The summed E-state index contributed by atoms with van der Waals surface area (Å²) < 4.78 is 2.00. The number of aromatic nitrogens is 7. The van der Waals surface area contributed by atoms with Gasteiger partial charge in [-0.3, -0.25) is 9.50 Å². The Balaban J connectivity index is 1.80. The van der Waals surface area contributed by atoms with Gasteiger partial charge in [-0.1, -0.05) is 19.9 Å². The van der Waals surface area contributed by atoms with Crippen LogP contribution in [0.1, 0.15) is 31.5 Å². The SMILES string of the molecule is Cc1nc(NC(c2nnc3ccccn23)C(C)C)c2cn[nH]c2n1. The van der Waals surface area contributed by atoms with Crippen molar-refractivity contribution in [3.63, 3.8) is 0 Å². The van der Waals surface area contributed by atoms with E-state index >= 15 is 0 Å². The predicted molar refractivity (Wildman–Crippen MR) is 90.6 cm³/mol. The summed E-state index contributed by atoms with van der Waals surface area (Å²) >= 11 is 0. The third-order valence-electron chi connectivity index (χ3n) is 4.00. The summed E-state index contributed by atoms with van der Waals surface area (Å²) in [7, 11) is 0. The number of hydrogen-bond acceptors (Lipinski definition) is 6. The number of anilines is 1. The van der Waals surface area contributed by atoms with Crippen LogP contribution in [0.3, 0.4) is 0 Å². The number of hydrogen-bond donors (Lipinski definition) is 2. The lowest BCUT2D eigenvalue weighted by Crippen LogP contribution is -2.20. The van der Waals surface area contributed by atoms with Crippen molar-refractivity contribution in [1.29, 1.82) is 0 Å². The fraction of sp³-hybridized carbons (Fsp3) is 0.312. The normalized spacial score (nSPS) is 13.0. The minimum absolute atomic E-state index is 0.0465. The van der Waals surface area contributed by atoms with Gasteiger partial charge in [-0.25, -0.2) is 9.97 Å². The highest BCUT2D eigenvalue weighted by Crippen LogP contribution is 2.28. The summed E-state index contributed by atoms with van der Waals surface area (Å²) in [6.45, 7) is 6.15. The fourth-order valence-corrected chi connectivity index (χ4v) is 2.81. The summed E-state index contributed by atoms with van der Waals surface area (Å²) in [4.78, 5) is 8.90. The first kappa shape index (κ1) is 14.6. The van der Waals surface area contributed by atoms with E-state index in [-0.39, 0.29) is 12.0 Å². The van der Waals surface area contributed by atoms with Crippen molar-refractivity contribution in [2.75, 3.05) is 5.32 Å². The Labute approximate surface area is 138 Å². The molecule has 0 bridgehead atoms. The van der Waals surface area contributed by atoms with E-state index in [1.807, 2.05) is 35.7 Å². The molecule has 4 aromatic heterocycles. The van der Waals surface area contributed by atoms with Gasteiger partial charge < -0.3 is 5.32 Å². The summed E-state index contributed by atoms with van der Waals surface area (Å²) in [6, 6.07) is 5.82. The molecule has 0 radical (unpaired) electrons. The third kappa shape index (κ3) is 2.36. The largest absolute Gasteiger partial charge is 0.359 e. The second kappa shape index (κ2) is 5.55. The van der Waals surface area contributed by atoms with Crippen molar-refractivity contribution in [3.05, 3.63) is 42.2 Å². The minimum atomic E-state index is -0.0465. The first-order chi connectivity index (χ1) is 11.6. The lowest BCUT2D eigenvalue weighted by Gasteiger charge is -2.21. The van der Waals surface area contributed by atoms with Crippen LogP contribution in [-0.4, -0.2) is 34.8 Å². The standard InChI is InChI=1S/C16H18N8/c1-9(2)13(16-23-21-12-6-4-5-7-24(12)16)20-14-11-8-17-22-15(11)19-10(3)18-14/h4-9,13H,1-3H3,(H2,17,18,19,20,22). The van der Waals surface area contributed by atoms with Gasteiger partial charge >= 0.3 is 0 Å². The number of nitrogens with zero attached hydrogens (tertiary/aromatic N) is 6. The smallest absolute Gasteiger partial charge is 0.161 e. The summed E-state index contributed by atoms with van der Waals surface area (Å²) in [5, 5.41) is 20.0. The maximum atomic E-state index is 4.55. The maximum absolute atomic E-state index is 4.55. The highest BCUT2D eigenvalue weighted by Gasteiger charge is 2.23. The number of rotatable bonds is 4. The van der Waals surface area contributed by atoms with Crippen LogP contribution in [0.2, 0.25) is 0 Å². The lowest BCUT2D eigenvalue weighted by atomic mass is 10.0. The van der Waals surface area contributed by atoms with Crippen LogP contribution in [0.25, 0.3) is 16.7 Å². The minimum Gasteiger partial charge on any atom is -0.359 e. The number of aryl methyl sites for hydroxylation is 1. The van der Waals surface area contributed by atoms with Gasteiger partial charge in [0, 0.05) is 6.20 Å². The van der Waals surface area contributed by atoms with Crippen molar-refractivity contribution in [3.8, 4) is 0 Å². The Hall–Kier alpha value is -3.03. The molecule has 4 heterocycles. The summed E-state index contributed by atoms with van der Waals surface area (Å²) in [5.41, 5.74) is 1.55. The molecule has 122 valence electrons. The van der Waals surface area contributed by atoms with Crippen molar-refractivity contribution in [2.24, 2.45) is 5.92 Å². The fourth-order valence-electron chi connectivity index (χ4n) is 2.81. The van der Waals surface area contributed by atoms with Gasteiger partial charge in [0.05, 0.1) is 17.6 Å². The third-order valence-corrected chi connectivity index (χ3v) is 4.00. The number of fused-ring (bicyclic) bond motifs is 2. The van der Waals surface area contributed by atoms with Gasteiger partial charge in [0.25, 0.3) is 0 Å². The van der Waals surface area contributed by atoms with E-state index in [9.17, 15) is 0 Å². The van der Waals surface area contributed by atoms with Crippen molar-refractivity contribution >= 4 is 22.5 Å². The van der Waals surface area contributed by atoms with E-state index in [2.05, 4.69) is 49.5 Å². The van der Waals surface area contributed by atoms with Gasteiger partial charge in [-0.2, -0.15) is 5.10 Å². The molecule has 4 rings (SSSR count). The van der Waals surface area contributed by atoms with Crippen molar-refractivity contribution in [2.45, 2.75) is 26.8 Å². The van der Waals surface area contributed by atoms with Gasteiger partial charge in [0.2, 0.25) is 0 Å². The zero-order chi connectivity index (χ0) is 16.7. The molecule has 0 aliphatic rings. The molecule has 4 aromatic rings. The molecular weight excluding hydrogens is 304 g/mol. The lowest BCUT2D eigenvalue weighted by molar-refractivity contribution is 0.516. The quantitative estimate of drug-likeness (QED) is 0.599. The van der Waals surface area contributed by atoms with Crippen LogP contribution < -0.4 is 5.32 Å². The Morgan fingerprint density at radius 2 is 2.04 bits per heavy atom. The zero-order valence-corrected chi connectivity index (χ0v) is 13.7. The second-order valence-corrected chi connectivity index (χ2v) is 6.10. The molecule has 24 heavy (non-hydrogen) atoms. The molecule has 1 unspecified atom stereocenters. The van der Waals surface area contributed by atoms with E-state index in [0.717, 1.165) is 28.3 Å². The highest BCUT2D eigenvalue weighted by atomic mass is 15.3. The molecule has 8 heteroatoms. The molecule has 0 fully saturated rings. The molecule has 0 amide bonds. The van der Waals surface area contributed by atoms with Crippen molar-refractivity contribution in [1.82, 2.24) is 34.8 Å². The predicted octanol–water partition coefficient (Wildman–Crippen LogP) is 2.51. The van der Waals surface area contributed by atoms with Crippen LogP contribution in [0.4, 0.5) is 5.82 Å². The monoisotopic (exact) mass is 322 g/mol. The number of pyridine rings is 1. The average Bonchev–Trinajstić information content (AvgIpc) is 3.18. The van der Waals surface area contributed by atoms with E-state index in [1.54, 1.807) is 6.20 Å². The molecule has 0 aliphatic heterocycles. The molecule has 0 saturated heterocycles. The second-order valence-electron chi connectivity index (χ2n) is 6.10. The summed E-state index contributed by atoms with van der Waals surface area (Å²) in [5.74, 6) is 2.57. The average molecular weight is 322 g/mol. The molecule has 0 spiro atoms. The Morgan fingerprint density at radius 1 is 1.17 bits per heavy atom. The van der Waals surface area contributed by atoms with Crippen LogP contribution >= 0.6 is 0 Å². The Bertz CT molecular complexity index is 1000. The number of nitrogens with one attached hydrogen (secondary N) is 2. The van der Waals surface area contributed by atoms with E-state index in [1.165, 1.54) is 0 Å². The van der Waals surface area contributed by atoms with Crippen molar-refractivity contribution < 1.29 is 0 Å². The first-order valence-electron chi connectivity index (χ1n) is 7.87. The Morgan fingerprint density at radius 3 is 2.88 bits per heavy atom. The van der Waals surface area contributed by atoms with E-state index < -0.39 is 0 Å². The highest BCUT2D eigenvalue weighted by molar-refractivity contribution is 5.86. The first-order valence-corrected chi connectivity index (χ1v) is 7.87. The maximum Gasteiger partial charge on any atom is 0.161 e. The summed E-state index contributed by atoms with van der Waals surface area (Å²) in [6.07, 6.45) is 3.71. The van der Waals surface area contributed by atoms with Gasteiger partial charge in [-0.05, 0) is 25.0 Å². The molecular formula is C16H18N8. The number of H-pyrrole nitrogens is 1. The number of aromatic amines is 1. The molecule has 0 aromatic carbocycles. The van der Waals surface area contributed by atoms with Gasteiger partial charge in [0.1, 0.15) is 11.6 Å². The molecule has 0 aliphatic carbocycles. The Kier molecular flexibility index (Phi) is 3.37. The molecule has 8 nitrogen and oxygen atoms in total.